The summed E-state index contributed by atoms with van der Waals surface area (Å²) in [6.45, 7) is -1.34. The first kappa shape index (κ1) is 21.1. The monoisotopic (exact) mass is 404 g/mol. The summed E-state index contributed by atoms with van der Waals surface area (Å²) < 4.78 is 21.0. The fraction of sp³-hybridized carbons (Fsp3) is 0.706. The van der Waals surface area contributed by atoms with Gasteiger partial charge in [0.1, 0.15) is 30.0 Å². The van der Waals surface area contributed by atoms with Crippen molar-refractivity contribution in [1.82, 2.24) is 0 Å². The standard InChI is InChI=1S/C17H24O11/c1-25-14(23)8-5-26-15(10-7(8)2-3-17(10,24)6-19)28-16-13(22)12(21)11(20)9(4-18)27-16/h2-3,5,7,9-13,15-16,18-22,24H,4,6H2,1H3/t7-,9-,10-,11-,12+,13-,15+,16+,17-/m0/s1. The highest BCUT2D eigenvalue weighted by Crippen LogP contribution is 2.45. The molecule has 1 fully saturated rings. The molecular weight excluding hydrogens is 380 g/mol. The second-order valence-electron chi connectivity index (χ2n) is 6.96. The summed E-state index contributed by atoms with van der Waals surface area (Å²) in [5.41, 5.74) is -1.70. The van der Waals surface area contributed by atoms with Crippen LogP contribution >= 0.6 is 0 Å². The molecule has 0 aromatic carbocycles. The third-order valence-corrected chi connectivity index (χ3v) is 5.33. The van der Waals surface area contributed by atoms with Crippen LogP contribution in [0.2, 0.25) is 0 Å². The Morgan fingerprint density at radius 1 is 1.18 bits per heavy atom. The van der Waals surface area contributed by atoms with Gasteiger partial charge in [0, 0.05) is 5.92 Å². The molecule has 2 aliphatic heterocycles. The molecule has 28 heavy (non-hydrogen) atoms. The van der Waals surface area contributed by atoms with Gasteiger partial charge >= 0.3 is 5.97 Å². The quantitative estimate of drug-likeness (QED) is 0.200. The van der Waals surface area contributed by atoms with E-state index >= 15 is 0 Å². The van der Waals surface area contributed by atoms with E-state index in [0.717, 1.165) is 6.26 Å². The van der Waals surface area contributed by atoms with E-state index in [1.807, 2.05) is 0 Å². The van der Waals surface area contributed by atoms with Crippen LogP contribution in [0.15, 0.2) is 24.0 Å². The first-order valence-electron chi connectivity index (χ1n) is 8.69. The van der Waals surface area contributed by atoms with Crippen molar-refractivity contribution in [2.75, 3.05) is 20.3 Å². The lowest BCUT2D eigenvalue weighted by Gasteiger charge is -2.44. The normalized spacial score (nSPS) is 45.2. The highest BCUT2D eigenvalue weighted by molar-refractivity contribution is 5.89. The zero-order valence-electron chi connectivity index (χ0n) is 15.0. The van der Waals surface area contributed by atoms with Crippen LogP contribution in [-0.4, -0.2) is 99.5 Å². The van der Waals surface area contributed by atoms with Crippen molar-refractivity contribution in [3.63, 3.8) is 0 Å². The Morgan fingerprint density at radius 3 is 2.50 bits per heavy atom. The average Bonchev–Trinajstić information content (AvgIpc) is 3.06. The molecule has 1 saturated heterocycles. The molecule has 3 aliphatic rings. The largest absolute Gasteiger partial charge is 0.471 e. The summed E-state index contributed by atoms with van der Waals surface area (Å²) >= 11 is 0. The topological polar surface area (TPSA) is 175 Å². The van der Waals surface area contributed by atoms with Gasteiger partial charge in [0.25, 0.3) is 0 Å². The maximum absolute atomic E-state index is 12.0. The van der Waals surface area contributed by atoms with Gasteiger partial charge in [0.05, 0.1) is 38.1 Å². The van der Waals surface area contributed by atoms with Gasteiger partial charge in [0.15, 0.2) is 6.29 Å². The minimum Gasteiger partial charge on any atom is -0.471 e. The Kier molecular flexibility index (Phi) is 6.08. The van der Waals surface area contributed by atoms with Crippen LogP contribution in [0.4, 0.5) is 0 Å². The summed E-state index contributed by atoms with van der Waals surface area (Å²) in [5, 5.41) is 59.5. The molecule has 0 radical (unpaired) electrons. The maximum atomic E-state index is 12.0. The number of ether oxygens (including phenoxy) is 4. The maximum Gasteiger partial charge on any atom is 0.337 e. The number of allylic oxidation sites excluding steroid dienone is 1. The van der Waals surface area contributed by atoms with Crippen LogP contribution in [0.3, 0.4) is 0 Å². The number of carbonyl (C=O) groups excluding carboxylic acids is 1. The van der Waals surface area contributed by atoms with E-state index in [9.17, 15) is 35.4 Å². The SMILES string of the molecule is COC(=O)C1=CO[C@H](O[C@H]2O[C@@H](CO)[C@H](O)[C@@H](O)[C@@H]2O)[C@@H]2[C@H]1C=C[C@]2(O)CO. The van der Waals surface area contributed by atoms with E-state index in [-0.39, 0.29) is 5.57 Å². The number of esters is 1. The van der Waals surface area contributed by atoms with Gasteiger partial charge in [-0.1, -0.05) is 12.2 Å². The van der Waals surface area contributed by atoms with Crippen molar-refractivity contribution in [3.05, 3.63) is 24.0 Å². The lowest BCUT2D eigenvalue weighted by Crippen LogP contribution is -2.61. The minimum absolute atomic E-state index is 0.0989. The summed E-state index contributed by atoms with van der Waals surface area (Å²) in [6.07, 6.45) is -4.99. The van der Waals surface area contributed by atoms with Gasteiger partial charge < -0.3 is 49.6 Å². The Morgan fingerprint density at radius 2 is 1.89 bits per heavy atom. The van der Waals surface area contributed by atoms with Gasteiger partial charge in [-0.25, -0.2) is 4.79 Å². The molecule has 11 nitrogen and oxygen atoms in total. The highest BCUT2D eigenvalue weighted by atomic mass is 16.8. The zero-order chi connectivity index (χ0) is 20.6. The molecule has 11 heteroatoms. The lowest BCUT2D eigenvalue weighted by molar-refractivity contribution is -0.346. The fourth-order valence-electron chi connectivity index (χ4n) is 3.71. The number of hydrogen-bond acceptors (Lipinski definition) is 11. The van der Waals surface area contributed by atoms with Crippen molar-refractivity contribution in [3.8, 4) is 0 Å². The third-order valence-electron chi connectivity index (χ3n) is 5.33. The van der Waals surface area contributed by atoms with Crippen LogP contribution in [-0.2, 0) is 23.7 Å². The van der Waals surface area contributed by atoms with E-state index in [1.165, 1.54) is 19.3 Å². The predicted octanol–water partition coefficient (Wildman–Crippen LogP) is -3.26. The number of carbonyl (C=O) groups is 1. The molecule has 0 aromatic heterocycles. The molecule has 0 aromatic rings. The average molecular weight is 404 g/mol. The van der Waals surface area contributed by atoms with Crippen molar-refractivity contribution in [1.29, 1.82) is 0 Å². The van der Waals surface area contributed by atoms with Gasteiger partial charge in [0.2, 0.25) is 6.29 Å². The second-order valence-corrected chi connectivity index (χ2v) is 6.96. The third kappa shape index (κ3) is 3.44. The molecule has 0 spiro atoms. The van der Waals surface area contributed by atoms with E-state index in [4.69, 9.17) is 18.9 Å². The number of aliphatic hydroxyl groups excluding tert-OH is 5. The number of rotatable bonds is 5. The lowest BCUT2D eigenvalue weighted by atomic mass is 9.79. The Bertz CT molecular complexity index is 647. The Labute approximate surface area is 160 Å². The van der Waals surface area contributed by atoms with Crippen LogP contribution in [0.1, 0.15) is 0 Å². The highest BCUT2D eigenvalue weighted by Gasteiger charge is 2.55. The van der Waals surface area contributed by atoms with Gasteiger partial charge in [-0.3, -0.25) is 0 Å². The van der Waals surface area contributed by atoms with Crippen LogP contribution < -0.4 is 0 Å². The first-order valence-corrected chi connectivity index (χ1v) is 8.69. The molecule has 1 aliphatic carbocycles. The first-order chi connectivity index (χ1) is 13.3. The number of methoxy groups -OCH3 is 1. The van der Waals surface area contributed by atoms with Crippen molar-refractivity contribution in [2.24, 2.45) is 11.8 Å². The second kappa shape index (κ2) is 8.05. The molecule has 6 N–H and O–H groups in total. The number of aliphatic hydroxyl groups is 6. The Hall–Kier alpha value is -1.57. The Balaban J connectivity index is 1.85. The van der Waals surface area contributed by atoms with E-state index in [1.54, 1.807) is 0 Å². The van der Waals surface area contributed by atoms with E-state index in [2.05, 4.69) is 0 Å². The fourth-order valence-corrected chi connectivity index (χ4v) is 3.71. The molecule has 0 saturated carbocycles. The predicted molar refractivity (Wildman–Crippen MR) is 88.0 cm³/mol. The zero-order valence-corrected chi connectivity index (χ0v) is 15.0. The molecule has 0 bridgehead atoms. The van der Waals surface area contributed by atoms with Gasteiger partial charge in [-0.2, -0.15) is 0 Å². The van der Waals surface area contributed by atoms with Crippen LogP contribution in [0.5, 0.6) is 0 Å². The number of fused-ring (bicyclic) bond motifs is 1. The van der Waals surface area contributed by atoms with E-state index < -0.39 is 73.6 Å². The van der Waals surface area contributed by atoms with Gasteiger partial charge in [-0.15, -0.1) is 0 Å². The molecule has 2 heterocycles. The van der Waals surface area contributed by atoms with E-state index in [0.29, 0.717) is 0 Å². The molecule has 0 amide bonds. The van der Waals surface area contributed by atoms with Crippen molar-refractivity contribution in [2.45, 2.75) is 42.6 Å². The van der Waals surface area contributed by atoms with Crippen LogP contribution in [0, 0.1) is 11.8 Å². The number of hydrogen-bond donors (Lipinski definition) is 6. The summed E-state index contributed by atoms with van der Waals surface area (Å²) in [7, 11) is 1.19. The molecule has 9 atom stereocenters. The smallest absolute Gasteiger partial charge is 0.337 e. The molecule has 0 unspecified atom stereocenters. The summed E-state index contributed by atoms with van der Waals surface area (Å²) in [6, 6.07) is 0. The van der Waals surface area contributed by atoms with Crippen molar-refractivity contribution >= 4 is 5.97 Å². The van der Waals surface area contributed by atoms with Crippen LogP contribution in [0.25, 0.3) is 0 Å². The molecule has 158 valence electrons. The summed E-state index contributed by atoms with van der Waals surface area (Å²) in [4.78, 5) is 12.0. The molecular formula is C17H24O11. The van der Waals surface area contributed by atoms with Crippen molar-refractivity contribution < 1.29 is 54.4 Å². The molecule has 3 rings (SSSR count). The minimum atomic E-state index is -1.79. The van der Waals surface area contributed by atoms with Gasteiger partial charge in [-0.05, 0) is 0 Å². The summed E-state index contributed by atoms with van der Waals surface area (Å²) in [5.74, 6) is -2.40.